The molecule has 3 nitrogen and oxygen atoms in total. The van der Waals surface area contributed by atoms with E-state index in [0.717, 1.165) is 5.56 Å². The van der Waals surface area contributed by atoms with Crippen LogP contribution in [0.1, 0.15) is 24.8 Å². The predicted octanol–water partition coefficient (Wildman–Crippen LogP) is 3.51. The van der Waals surface area contributed by atoms with Crippen LogP contribution in [0.15, 0.2) is 54.6 Å². The Labute approximate surface area is 128 Å². The fraction of sp³-hybridized carbons (Fsp3) is 0.222. The summed E-state index contributed by atoms with van der Waals surface area (Å²) >= 11 is 0. The topological polar surface area (TPSA) is 37.4 Å². The second-order valence-corrected chi connectivity index (χ2v) is 5.55. The lowest BCUT2D eigenvalue weighted by atomic mass is 9.86. The van der Waals surface area contributed by atoms with Crippen molar-refractivity contribution in [1.82, 2.24) is 0 Å². The average molecular weight is 297 g/mol. The van der Waals surface area contributed by atoms with Crippen molar-refractivity contribution in [1.29, 1.82) is 0 Å². The summed E-state index contributed by atoms with van der Waals surface area (Å²) in [5.74, 6) is -1.25. The molecule has 1 fully saturated rings. The number of amides is 2. The molecule has 112 valence electrons. The number of hydrogen-bond donors (Lipinski definition) is 0. The quantitative estimate of drug-likeness (QED) is 0.813. The van der Waals surface area contributed by atoms with Gasteiger partial charge >= 0.3 is 0 Å². The molecule has 2 aromatic carbocycles. The summed E-state index contributed by atoms with van der Waals surface area (Å²) in [6, 6.07) is 15.1. The summed E-state index contributed by atoms with van der Waals surface area (Å²) < 4.78 is 13.0. The Bertz CT molecular complexity index is 697. The van der Waals surface area contributed by atoms with Crippen molar-refractivity contribution in [2.24, 2.45) is 5.92 Å². The van der Waals surface area contributed by atoms with Gasteiger partial charge in [0.05, 0.1) is 11.6 Å². The summed E-state index contributed by atoms with van der Waals surface area (Å²) in [4.78, 5) is 26.0. The number of nitrogens with zero attached hydrogens (tertiary/aromatic N) is 1. The summed E-state index contributed by atoms with van der Waals surface area (Å²) in [6.45, 7) is 1.96. The molecule has 2 unspecified atom stereocenters. The van der Waals surface area contributed by atoms with Crippen molar-refractivity contribution in [3.05, 3.63) is 66.0 Å². The standard InChI is InChI=1S/C18H16FNO2/c1-12(13-5-3-2-4-6-13)16-11-17(21)20(18(16)22)15-9-7-14(19)8-10-15/h2-10,12,16H,11H2,1H3. The van der Waals surface area contributed by atoms with Gasteiger partial charge in [0.1, 0.15) is 5.82 Å². The lowest BCUT2D eigenvalue weighted by Gasteiger charge is -2.19. The van der Waals surface area contributed by atoms with Crippen LogP contribution in [0.4, 0.5) is 10.1 Å². The van der Waals surface area contributed by atoms with Gasteiger partial charge in [-0.3, -0.25) is 14.5 Å². The molecule has 0 saturated carbocycles. The number of carbonyl (C=O) groups is 2. The highest BCUT2D eigenvalue weighted by molar-refractivity contribution is 6.21. The molecule has 1 aliphatic rings. The van der Waals surface area contributed by atoms with Crippen LogP contribution in [-0.4, -0.2) is 11.8 Å². The fourth-order valence-electron chi connectivity index (χ4n) is 2.90. The molecule has 0 spiro atoms. The maximum absolute atomic E-state index is 13.0. The first-order valence-corrected chi connectivity index (χ1v) is 7.25. The van der Waals surface area contributed by atoms with Gasteiger partial charge in [-0.05, 0) is 35.7 Å². The second-order valence-electron chi connectivity index (χ2n) is 5.55. The van der Waals surface area contributed by atoms with E-state index in [9.17, 15) is 14.0 Å². The monoisotopic (exact) mass is 297 g/mol. The van der Waals surface area contributed by atoms with Crippen LogP contribution in [0, 0.1) is 11.7 Å². The molecule has 2 aromatic rings. The highest BCUT2D eigenvalue weighted by Crippen LogP contribution is 2.35. The van der Waals surface area contributed by atoms with Gasteiger partial charge in [-0.15, -0.1) is 0 Å². The van der Waals surface area contributed by atoms with Crippen LogP contribution in [0.2, 0.25) is 0 Å². The van der Waals surface area contributed by atoms with E-state index in [0.29, 0.717) is 5.69 Å². The number of anilines is 1. The third kappa shape index (κ3) is 2.52. The molecule has 2 amide bonds. The number of carbonyl (C=O) groups excluding carboxylic acids is 2. The Balaban J connectivity index is 1.87. The number of halogens is 1. The summed E-state index contributed by atoms with van der Waals surface area (Å²) in [5, 5.41) is 0. The lowest BCUT2D eigenvalue weighted by Crippen LogP contribution is -2.31. The van der Waals surface area contributed by atoms with Crippen LogP contribution in [0.5, 0.6) is 0 Å². The van der Waals surface area contributed by atoms with Gasteiger partial charge in [-0.2, -0.15) is 0 Å². The zero-order valence-corrected chi connectivity index (χ0v) is 12.2. The molecule has 1 saturated heterocycles. The van der Waals surface area contributed by atoms with Gasteiger partial charge in [-0.25, -0.2) is 4.39 Å². The molecule has 0 bridgehead atoms. The number of imide groups is 1. The molecule has 0 aliphatic carbocycles. The summed E-state index contributed by atoms with van der Waals surface area (Å²) in [7, 11) is 0. The Morgan fingerprint density at radius 2 is 1.68 bits per heavy atom. The SMILES string of the molecule is CC(c1ccccc1)C1CC(=O)N(c2ccc(F)cc2)C1=O. The van der Waals surface area contributed by atoms with Crippen LogP contribution in [0.3, 0.4) is 0 Å². The van der Waals surface area contributed by atoms with E-state index in [1.807, 2.05) is 37.3 Å². The number of hydrogen-bond acceptors (Lipinski definition) is 2. The van der Waals surface area contributed by atoms with E-state index in [1.54, 1.807) is 0 Å². The van der Waals surface area contributed by atoms with Crippen LogP contribution in [-0.2, 0) is 9.59 Å². The lowest BCUT2D eigenvalue weighted by molar-refractivity contribution is -0.122. The molecule has 0 N–H and O–H groups in total. The Hall–Kier alpha value is -2.49. The van der Waals surface area contributed by atoms with Crippen LogP contribution < -0.4 is 4.90 Å². The zero-order chi connectivity index (χ0) is 15.7. The van der Waals surface area contributed by atoms with Crippen molar-refractivity contribution in [3.8, 4) is 0 Å². The zero-order valence-electron chi connectivity index (χ0n) is 12.2. The Morgan fingerprint density at radius 3 is 2.32 bits per heavy atom. The van der Waals surface area contributed by atoms with Gasteiger partial charge in [0.2, 0.25) is 11.8 Å². The van der Waals surface area contributed by atoms with Crippen LogP contribution >= 0.6 is 0 Å². The van der Waals surface area contributed by atoms with Gasteiger partial charge in [0, 0.05) is 6.42 Å². The molecular weight excluding hydrogens is 281 g/mol. The van der Waals surface area contributed by atoms with Gasteiger partial charge < -0.3 is 0 Å². The normalized spacial score (nSPS) is 19.5. The highest BCUT2D eigenvalue weighted by atomic mass is 19.1. The number of benzene rings is 2. The predicted molar refractivity (Wildman–Crippen MR) is 81.9 cm³/mol. The van der Waals surface area contributed by atoms with Crippen molar-refractivity contribution in [2.75, 3.05) is 4.90 Å². The van der Waals surface area contributed by atoms with E-state index in [2.05, 4.69) is 0 Å². The van der Waals surface area contributed by atoms with Crippen molar-refractivity contribution in [2.45, 2.75) is 19.3 Å². The largest absolute Gasteiger partial charge is 0.274 e. The minimum atomic E-state index is -0.392. The van der Waals surface area contributed by atoms with Crippen molar-refractivity contribution < 1.29 is 14.0 Å². The first kappa shape index (κ1) is 14.4. The minimum absolute atomic E-state index is 0.0388. The Morgan fingerprint density at radius 1 is 1.05 bits per heavy atom. The van der Waals surface area contributed by atoms with Crippen LogP contribution in [0.25, 0.3) is 0 Å². The first-order chi connectivity index (χ1) is 10.6. The molecule has 0 aromatic heterocycles. The van der Waals surface area contributed by atoms with E-state index >= 15 is 0 Å². The summed E-state index contributed by atoms with van der Waals surface area (Å²) in [6.07, 6.45) is 0.187. The molecule has 22 heavy (non-hydrogen) atoms. The summed E-state index contributed by atoms with van der Waals surface area (Å²) in [5.41, 5.74) is 1.47. The molecule has 2 atom stereocenters. The highest BCUT2D eigenvalue weighted by Gasteiger charge is 2.42. The maximum atomic E-state index is 13.0. The second kappa shape index (κ2) is 5.72. The van der Waals surface area contributed by atoms with E-state index in [1.165, 1.54) is 29.2 Å². The maximum Gasteiger partial charge on any atom is 0.237 e. The minimum Gasteiger partial charge on any atom is -0.274 e. The molecular formula is C18H16FNO2. The van der Waals surface area contributed by atoms with E-state index < -0.39 is 5.82 Å². The van der Waals surface area contributed by atoms with Gasteiger partial charge in [-0.1, -0.05) is 37.3 Å². The number of rotatable bonds is 3. The average Bonchev–Trinajstić information content (AvgIpc) is 2.83. The third-order valence-electron chi connectivity index (χ3n) is 4.20. The fourth-order valence-corrected chi connectivity index (χ4v) is 2.90. The Kier molecular flexibility index (Phi) is 3.75. The van der Waals surface area contributed by atoms with E-state index in [4.69, 9.17) is 0 Å². The molecule has 0 radical (unpaired) electrons. The first-order valence-electron chi connectivity index (χ1n) is 7.25. The smallest absolute Gasteiger partial charge is 0.237 e. The van der Waals surface area contributed by atoms with Gasteiger partial charge in [0.25, 0.3) is 0 Å². The molecule has 3 rings (SSSR count). The van der Waals surface area contributed by atoms with Gasteiger partial charge in [0.15, 0.2) is 0 Å². The van der Waals surface area contributed by atoms with Crippen molar-refractivity contribution in [3.63, 3.8) is 0 Å². The third-order valence-corrected chi connectivity index (χ3v) is 4.20. The molecule has 1 heterocycles. The molecule has 1 aliphatic heterocycles. The van der Waals surface area contributed by atoms with Crippen molar-refractivity contribution >= 4 is 17.5 Å². The van der Waals surface area contributed by atoms with E-state index in [-0.39, 0.29) is 30.1 Å². The molecule has 4 heteroatoms.